The van der Waals surface area contributed by atoms with Gasteiger partial charge in [0.1, 0.15) is 0 Å². The Bertz CT molecular complexity index is 840. The molecule has 0 radical (unpaired) electrons. The predicted octanol–water partition coefficient (Wildman–Crippen LogP) is 2.14. The van der Waals surface area contributed by atoms with Crippen molar-refractivity contribution in [2.75, 3.05) is 6.54 Å². The maximum atomic E-state index is 11.8. The van der Waals surface area contributed by atoms with Gasteiger partial charge in [0.15, 0.2) is 0 Å². The van der Waals surface area contributed by atoms with Gasteiger partial charge in [0.05, 0.1) is 0 Å². The lowest BCUT2D eigenvalue weighted by atomic mass is 10.1. The summed E-state index contributed by atoms with van der Waals surface area (Å²) in [6, 6.07) is 17.5. The number of aromatic amines is 1. The smallest absolute Gasteiger partial charge is 0.309 e. The largest absolute Gasteiger partial charge is 0.361 e. The second kappa shape index (κ2) is 7.46. The third-order valence-electron chi connectivity index (χ3n) is 3.86. The van der Waals surface area contributed by atoms with Crippen LogP contribution in [0.2, 0.25) is 0 Å². The number of carbonyl (C=O) groups is 2. The molecule has 24 heavy (non-hydrogen) atoms. The van der Waals surface area contributed by atoms with Gasteiger partial charge >= 0.3 is 11.8 Å². The Morgan fingerprint density at radius 1 is 0.875 bits per heavy atom. The third kappa shape index (κ3) is 3.81. The first-order chi connectivity index (χ1) is 11.7. The molecule has 1 heterocycles. The van der Waals surface area contributed by atoms with E-state index in [0.29, 0.717) is 19.5 Å². The number of benzene rings is 2. The fourth-order valence-corrected chi connectivity index (χ4v) is 2.59. The molecule has 2 aromatic carbocycles. The van der Waals surface area contributed by atoms with Gasteiger partial charge in [-0.25, -0.2) is 0 Å². The number of carbonyl (C=O) groups excluding carboxylic acids is 2. The van der Waals surface area contributed by atoms with Crippen molar-refractivity contribution in [2.24, 2.45) is 0 Å². The van der Waals surface area contributed by atoms with Crippen LogP contribution in [-0.4, -0.2) is 23.3 Å². The lowest BCUT2D eigenvalue weighted by Crippen LogP contribution is -2.40. The number of H-pyrrole nitrogens is 1. The van der Waals surface area contributed by atoms with Crippen molar-refractivity contribution in [3.8, 4) is 0 Å². The van der Waals surface area contributed by atoms with E-state index in [0.717, 1.165) is 22.0 Å². The Morgan fingerprint density at radius 2 is 1.58 bits per heavy atom. The zero-order valence-electron chi connectivity index (χ0n) is 13.2. The van der Waals surface area contributed by atoms with Crippen LogP contribution < -0.4 is 10.6 Å². The molecule has 2 amide bonds. The average Bonchev–Trinajstić information content (AvgIpc) is 3.04. The summed E-state index contributed by atoms with van der Waals surface area (Å²) in [5.74, 6) is -1.22. The van der Waals surface area contributed by atoms with Crippen molar-refractivity contribution in [1.29, 1.82) is 0 Å². The van der Waals surface area contributed by atoms with E-state index in [2.05, 4.69) is 15.6 Å². The van der Waals surface area contributed by atoms with Crippen molar-refractivity contribution in [2.45, 2.75) is 13.0 Å². The SMILES string of the molecule is O=C(NCCc1c[nH]c2ccccc12)C(=O)NCc1ccccc1. The molecule has 122 valence electrons. The normalized spacial score (nSPS) is 10.5. The second-order valence-electron chi connectivity index (χ2n) is 5.53. The van der Waals surface area contributed by atoms with Gasteiger partial charge in [0, 0.05) is 30.2 Å². The second-order valence-corrected chi connectivity index (χ2v) is 5.53. The number of amides is 2. The topological polar surface area (TPSA) is 74.0 Å². The van der Waals surface area contributed by atoms with Crippen LogP contribution in [0.15, 0.2) is 60.8 Å². The van der Waals surface area contributed by atoms with Gasteiger partial charge in [-0.1, -0.05) is 48.5 Å². The van der Waals surface area contributed by atoms with Crippen LogP contribution in [0.4, 0.5) is 0 Å². The van der Waals surface area contributed by atoms with Crippen LogP contribution in [-0.2, 0) is 22.6 Å². The summed E-state index contributed by atoms with van der Waals surface area (Å²) >= 11 is 0. The molecular weight excluding hydrogens is 302 g/mol. The van der Waals surface area contributed by atoms with E-state index in [1.54, 1.807) is 0 Å². The fourth-order valence-electron chi connectivity index (χ4n) is 2.59. The van der Waals surface area contributed by atoms with Gasteiger partial charge in [-0.15, -0.1) is 0 Å². The molecule has 0 unspecified atom stereocenters. The van der Waals surface area contributed by atoms with E-state index >= 15 is 0 Å². The van der Waals surface area contributed by atoms with Gasteiger partial charge in [0.25, 0.3) is 0 Å². The maximum absolute atomic E-state index is 11.8. The molecule has 0 aliphatic rings. The molecule has 5 heteroatoms. The van der Waals surface area contributed by atoms with E-state index in [-0.39, 0.29) is 0 Å². The maximum Gasteiger partial charge on any atom is 0.309 e. The highest BCUT2D eigenvalue weighted by Gasteiger charge is 2.12. The summed E-state index contributed by atoms with van der Waals surface area (Å²) in [7, 11) is 0. The number of hydrogen-bond acceptors (Lipinski definition) is 2. The van der Waals surface area contributed by atoms with Gasteiger partial charge < -0.3 is 15.6 Å². The minimum absolute atomic E-state index is 0.343. The highest BCUT2D eigenvalue weighted by Crippen LogP contribution is 2.17. The summed E-state index contributed by atoms with van der Waals surface area (Å²) in [5, 5.41) is 6.41. The lowest BCUT2D eigenvalue weighted by molar-refractivity contribution is -0.139. The number of nitrogens with one attached hydrogen (secondary N) is 3. The van der Waals surface area contributed by atoms with Crippen LogP contribution in [0, 0.1) is 0 Å². The molecule has 0 saturated carbocycles. The number of aromatic nitrogens is 1. The van der Waals surface area contributed by atoms with Crippen LogP contribution in [0.3, 0.4) is 0 Å². The minimum Gasteiger partial charge on any atom is -0.361 e. The monoisotopic (exact) mass is 321 g/mol. The molecule has 0 aliphatic heterocycles. The highest BCUT2D eigenvalue weighted by molar-refractivity contribution is 6.35. The summed E-state index contributed by atoms with van der Waals surface area (Å²) in [6.07, 6.45) is 2.61. The van der Waals surface area contributed by atoms with Crippen molar-refractivity contribution >= 4 is 22.7 Å². The molecular formula is C19H19N3O2. The molecule has 0 aliphatic carbocycles. The van der Waals surface area contributed by atoms with Crippen molar-refractivity contribution in [1.82, 2.24) is 15.6 Å². The van der Waals surface area contributed by atoms with Crippen LogP contribution >= 0.6 is 0 Å². The zero-order valence-corrected chi connectivity index (χ0v) is 13.2. The number of fused-ring (bicyclic) bond motifs is 1. The molecule has 3 N–H and O–H groups in total. The third-order valence-corrected chi connectivity index (χ3v) is 3.86. The lowest BCUT2D eigenvalue weighted by Gasteiger charge is -2.06. The Hall–Kier alpha value is -3.08. The van der Waals surface area contributed by atoms with E-state index < -0.39 is 11.8 Å². The Balaban J connectivity index is 1.46. The van der Waals surface area contributed by atoms with Crippen LogP contribution in [0.5, 0.6) is 0 Å². The summed E-state index contributed by atoms with van der Waals surface area (Å²) in [4.78, 5) is 26.8. The van der Waals surface area contributed by atoms with Crippen LogP contribution in [0.1, 0.15) is 11.1 Å². The number of para-hydroxylation sites is 1. The minimum atomic E-state index is -0.613. The molecule has 1 aromatic heterocycles. The standard InChI is InChI=1S/C19H19N3O2/c23-18(19(24)22-12-14-6-2-1-3-7-14)20-11-10-15-13-21-17-9-5-4-8-16(15)17/h1-9,13,21H,10-12H2,(H,20,23)(H,22,24). The van der Waals surface area contributed by atoms with E-state index in [1.165, 1.54) is 0 Å². The van der Waals surface area contributed by atoms with Gasteiger partial charge in [-0.2, -0.15) is 0 Å². The van der Waals surface area contributed by atoms with Gasteiger partial charge in [-0.3, -0.25) is 9.59 Å². The van der Waals surface area contributed by atoms with Crippen molar-refractivity contribution in [3.63, 3.8) is 0 Å². The Morgan fingerprint density at radius 3 is 2.42 bits per heavy atom. The van der Waals surface area contributed by atoms with Crippen LogP contribution in [0.25, 0.3) is 10.9 Å². The first kappa shape index (κ1) is 15.8. The Labute approximate surface area is 140 Å². The molecule has 0 fully saturated rings. The molecule has 0 saturated heterocycles. The van der Waals surface area contributed by atoms with E-state index in [9.17, 15) is 9.59 Å². The quantitative estimate of drug-likeness (QED) is 0.630. The van der Waals surface area contributed by atoms with Gasteiger partial charge in [0.2, 0.25) is 0 Å². The van der Waals surface area contributed by atoms with Crippen molar-refractivity contribution in [3.05, 3.63) is 71.9 Å². The first-order valence-corrected chi connectivity index (χ1v) is 7.89. The molecule has 5 nitrogen and oxygen atoms in total. The summed E-state index contributed by atoms with van der Waals surface area (Å²) < 4.78 is 0. The molecule has 0 bridgehead atoms. The average molecular weight is 321 g/mol. The molecule has 0 spiro atoms. The van der Waals surface area contributed by atoms with E-state index in [1.807, 2.05) is 60.8 Å². The fraction of sp³-hybridized carbons (Fsp3) is 0.158. The number of rotatable bonds is 5. The first-order valence-electron chi connectivity index (χ1n) is 7.89. The molecule has 0 atom stereocenters. The zero-order chi connectivity index (χ0) is 16.8. The summed E-state index contributed by atoms with van der Waals surface area (Å²) in [6.45, 7) is 0.759. The molecule has 3 aromatic rings. The van der Waals surface area contributed by atoms with E-state index in [4.69, 9.17) is 0 Å². The predicted molar refractivity (Wildman–Crippen MR) is 93.3 cm³/mol. The number of hydrogen-bond donors (Lipinski definition) is 3. The van der Waals surface area contributed by atoms with Crippen molar-refractivity contribution < 1.29 is 9.59 Å². The molecule has 3 rings (SSSR count). The Kier molecular flexibility index (Phi) is 4.91. The summed E-state index contributed by atoms with van der Waals surface area (Å²) in [5.41, 5.74) is 3.15. The van der Waals surface area contributed by atoms with Gasteiger partial charge in [-0.05, 0) is 23.6 Å². The highest BCUT2D eigenvalue weighted by atomic mass is 16.2.